The van der Waals surface area contributed by atoms with Crippen LogP contribution in [0.2, 0.25) is 0 Å². The van der Waals surface area contributed by atoms with Crippen LogP contribution in [0.3, 0.4) is 0 Å². The molecule has 0 aromatic heterocycles. The fourth-order valence-electron chi connectivity index (χ4n) is 2.57. The van der Waals surface area contributed by atoms with Gasteiger partial charge in [-0.25, -0.2) is 0 Å². The largest absolute Gasteiger partial charge is 0.493 e. The zero-order valence-electron chi connectivity index (χ0n) is 10.9. The van der Waals surface area contributed by atoms with Crippen molar-refractivity contribution in [2.24, 2.45) is 0 Å². The Morgan fingerprint density at radius 3 is 2.59 bits per heavy atom. The molecule has 3 heteroatoms. The lowest BCUT2D eigenvalue weighted by molar-refractivity contribution is 0.352. The SMILES string of the molecule is CCCC1CNCc2cc(OC)c(OC)cc21. The molecule has 0 fully saturated rings. The lowest BCUT2D eigenvalue weighted by Crippen LogP contribution is -2.28. The molecule has 1 N–H and O–H groups in total. The minimum atomic E-state index is 0.601. The zero-order valence-corrected chi connectivity index (χ0v) is 10.9. The standard InChI is InChI=1S/C14H21NO2/c1-4-5-10-8-15-9-11-6-13(16-2)14(17-3)7-12(10)11/h6-7,10,15H,4-5,8-9H2,1-3H3. The normalized spacial score (nSPS) is 18.6. The smallest absolute Gasteiger partial charge is 0.161 e. The van der Waals surface area contributed by atoms with Gasteiger partial charge in [-0.15, -0.1) is 0 Å². The van der Waals surface area contributed by atoms with E-state index in [-0.39, 0.29) is 0 Å². The number of rotatable bonds is 4. The molecular weight excluding hydrogens is 214 g/mol. The molecule has 0 bridgehead atoms. The summed E-state index contributed by atoms with van der Waals surface area (Å²) in [4.78, 5) is 0. The van der Waals surface area contributed by atoms with Crippen LogP contribution in [0.1, 0.15) is 36.8 Å². The highest BCUT2D eigenvalue weighted by atomic mass is 16.5. The first-order valence-corrected chi connectivity index (χ1v) is 6.25. The summed E-state index contributed by atoms with van der Waals surface area (Å²) in [5.41, 5.74) is 2.76. The molecule has 1 heterocycles. The van der Waals surface area contributed by atoms with E-state index in [9.17, 15) is 0 Å². The second-order valence-corrected chi connectivity index (χ2v) is 4.52. The Hall–Kier alpha value is -1.22. The number of hydrogen-bond donors (Lipinski definition) is 1. The van der Waals surface area contributed by atoms with Crippen molar-refractivity contribution in [3.63, 3.8) is 0 Å². The average Bonchev–Trinajstić information content (AvgIpc) is 2.38. The highest BCUT2D eigenvalue weighted by Crippen LogP contribution is 2.36. The van der Waals surface area contributed by atoms with Crippen molar-refractivity contribution in [3.8, 4) is 11.5 Å². The molecule has 0 radical (unpaired) electrons. The Morgan fingerprint density at radius 1 is 1.24 bits per heavy atom. The van der Waals surface area contributed by atoms with Gasteiger partial charge in [-0.3, -0.25) is 0 Å². The molecule has 0 saturated carbocycles. The molecule has 1 aliphatic heterocycles. The first-order chi connectivity index (χ1) is 8.30. The van der Waals surface area contributed by atoms with Gasteiger partial charge in [-0.05, 0) is 35.6 Å². The van der Waals surface area contributed by atoms with Crippen LogP contribution in [-0.4, -0.2) is 20.8 Å². The van der Waals surface area contributed by atoms with E-state index in [1.807, 2.05) is 0 Å². The first-order valence-electron chi connectivity index (χ1n) is 6.25. The third kappa shape index (κ3) is 2.39. The van der Waals surface area contributed by atoms with Crippen molar-refractivity contribution in [2.75, 3.05) is 20.8 Å². The van der Waals surface area contributed by atoms with E-state index in [4.69, 9.17) is 9.47 Å². The fourth-order valence-corrected chi connectivity index (χ4v) is 2.57. The molecule has 1 unspecified atom stereocenters. The summed E-state index contributed by atoms with van der Waals surface area (Å²) in [5.74, 6) is 2.27. The van der Waals surface area contributed by atoms with E-state index in [0.29, 0.717) is 5.92 Å². The van der Waals surface area contributed by atoms with Crippen LogP contribution in [0, 0.1) is 0 Å². The van der Waals surface area contributed by atoms with E-state index >= 15 is 0 Å². The van der Waals surface area contributed by atoms with Crippen LogP contribution in [-0.2, 0) is 6.54 Å². The van der Waals surface area contributed by atoms with Crippen LogP contribution >= 0.6 is 0 Å². The third-order valence-electron chi connectivity index (χ3n) is 3.43. The molecule has 1 aromatic rings. The summed E-state index contributed by atoms with van der Waals surface area (Å²) in [7, 11) is 3.38. The highest BCUT2D eigenvalue weighted by molar-refractivity contribution is 5.49. The summed E-state index contributed by atoms with van der Waals surface area (Å²) in [6.07, 6.45) is 2.43. The van der Waals surface area contributed by atoms with Gasteiger partial charge in [0.2, 0.25) is 0 Å². The highest BCUT2D eigenvalue weighted by Gasteiger charge is 2.21. The summed E-state index contributed by atoms with van der Waals surface area (Å²) < 4.78 is 10.7. The number of benzene rings is 1. The van der Waals surface area contributed by atoms with E-state index in [1.165, 1.54) is 24.0 Å². The van der Waals surface area contributed by atoms with Gasteiger partial charge in [0.25, 0.3) is 0 Å². The molecule has 94 valence electrons. The van der Waals surface area contributed by atoms with Crippen LogP contribution < -0.4 is 14.8 Å². The van der Waals surface area contributed by atoms with Crippen LogP contribution in [0.4, 0.5) is 0 Å². The Labute approximate surface area is 103 Å². The van der Waals surface area contributed by atoms with Crippen LogP contribution in [0.5, 0.6) is 11.5 Å². The predicted octanol–water partition coefficient (Wildman–Crippen LogP) is 2.69. The van der Waals surface area contributed by atoms with Gasteiger partial charge >= 0.3 is 0 Å². The lowest BCUT2D eigenvalue weighted by atomic mass is 9.87. The molecule has 0 spiro atoms. The molecule has 0 aliphatic carbocycles. The van der Waals surface area contributed by atoms with Gasteiger partial charge in [-0.1, -0.05) is 13.3 Å². The second kappa shape index (κ2) is 5.41. The number of methoxy groups -OCH3 is 2. The van der Waals surface area contributed by atoms with Crippen molar-refractivity contribution in [1.29, 1.82) is 0 Å². The fraction of sp³-hybridized carbons (Fsp3) is 0.571. The quantitative estimate of drug-likeness (QED) is 0.870. The maximum Gasteiger partial charge on any atom is 0.161 e. The van der Waals surface area contributed by atoms with Crippen LogP contribution in [0.25, 0.3) is 0 Å². The van der Waals surface area contributed by atoms with E-state index in [2.05, 4.69) is 24.4 Å². The summed E-state index contributed by atoms with van der Waals surface area (Å²) >= 11 is 0. The molecule has 3 nitrogen and oxygen atoms in total. The number of hydrogen-bond acceptors (Lipinski definition) is 3. The van der Waals surface area contributed by atoms with Gasteiger partial charge < -0.3 is 14.8 Å². The number of ether oxygens (including phenoxy) is 2. The van der Waals surface area contributed by atoms with Crippen molar-refractivity contribution < 1.29 is 9.47 Å². The van der Waals surface area contributed by atoms with Gasteiger partial charge in [0.15, 0.2) is 11.5 Å². The Balaban J connectivity index is 2.39. The summed E-state index contributed by atoms with van der Waals surface area (Å²) in [5, 5.41) is 3.47. The molecule has 2 rings (SSSR count). The summed E-state index contributed by atoms with van der Waals surface area (Å²) in [6.45, 7) is 4.22. The third-order valence-corrected chi connectivity index (χ3v) is 3.43. The molecule has 0 amide bonds. The molecule has 0 saturated heterocycles. The van der Waals surface area contributed by atoms with Gasteiger partial charge in [0.1, 0.15) is 0 Å². The second-order valence-electron chi connectivity index (χ2n) is 4.52. The number of fused-ring (bicyclic) bond motifs is 1. The van der Waals surface area contributed by atoms with Gasteiger partial charge in [-0.2, -0.15) is 0 Å². The van der Waals surface area contributed by atoms with E-state index in [1.54, 1.807) is 14.2 Å². The average molecular weight is 235 g/mol. The van der Waals surface area contributed by atoms with Crippen molar-refractivity contribution in [2.45, 2.75) is 32.2 Å². The monoisotopic (exact) mass is 235 g/mol. The van der Waals surface area contributed by atoms with Gasteiger partial charge in [0, 0.05) is 13.1 Å². The van der Waals surface area contributed by atoms with Gasteiger partial charge in [0.05, 0.1) is 14.2 Å². The van der Waals surface area contributed by atoms with Crippen molar-refractivity contribution in [3.05, 3.63) is 23.3 Å². The molecule has 1 atom stereocenters. The van der Waals surface area contributed by atoms with Crippen molar-refractivity contribution in [1.82, 2.24) is 5.32 Å². The lowest BCUT2D eigenvalue weighted by Gasteiger charge is -2.27. The van der Waals surface area contributed by atoms with Crippen LogP contribution in [0.15, 0.2) is 12.1 Å². The minimum absolute atomic E-state index is 0.601. The number of nitrogens with one attached hydrogen (secondary N) is 1. The summed E-state index contributed by atoms with van der Waals surface area (Å²) in [6, 6.07) is 4.25. The predicted molar refractivity (Wildman–Crippen MR) is 68.9 cm³/mol. The minimum Gasteiger partial charge on any atom is -0.493 e. The maximum atomic E-state index is 5.38. The van der Waals surface area contributed by atoms with E-state index < -0.39 is 0 Å². The zero-order chi connectivity index (χ0) is 12.3. The maximum absolute atomic E-state index is 5.38. The van der Waals surface area contributed by atoms with E-state index in [0.717, 1.165) is 24.6 Å². The molecule has 1 aromatic carbocycles. The Morgan fingerprint density at radius 2 is 1.94 bits per heavy atom. The first kappa shape index (κ1) is 12.2. The topological polar surface area (TPSA) is 30.5 Å². The molecule has 17 heavy (non-hydrogen) atoms. The molecule has 1 aliphatic rings. The Kier molecular flexibility index (Phi) is 3.89. The Bertz CT molecular complexity index is 390. The molecular formula is C14H21NO2. The van der Waals surface area contributed by atoms with Crippen molar-refractivity contribution >= 4 is 0 Å².